The van der Waals surface area contributed by atoms with Gasteiger partial charge in [-0.2, -0.15) is 9.97 Å². The Labute approximate surface area is 204 Å². The van der Waals surface area contributed by atoms with E-state index in [4.69, 9.17) is 9.47 Å². The fourth-order valence-corrected chi connectivity index (χ4v) is 3.27. The first kappa shape index (κ1) is 25.4. The van der Waals surface area contributed by atoms with Crippen molar-refractivity contribution in [2.24, 2.45) is 0 Å². The van der Waals surface area contributed by atoms with E-state index in [9.17, 15) is 9.59 Å². The predicted molar refractivity (Wildman–Crippen MR) is 132 cm³/mol. The molecular formula is C25H30N6O4. The Bertz CT molecular complexity index is 1100. The van der Waals surface area contributed by atoms with Gasteiger partial charge in [0, 0.05) is 31.3 Å². The highest BCUT2D eigenvalue weighted by Gasteiger charge is 2.08. The maximum Gasteiger partial charge on any atom is 0.324 e. The monoisotopic (exact) mass is 478 g/mol. The summed E-state index contributed by atoms with van der Waals surface area (Å²) in [5.74, 6) is 0.133. The van der Waals surface area contributed by atoms with Crippen LogP contribution in [-0.4, -0.2) is 61.1 Å². The quantitative estimate of drug-likeness (QED) is 0.338. The lowest BCUT2D eigenvalue weighted by atomic mass is 10.0. The van der Waals surface area contributed by atoms with Crippen molar-refractivity contribution < 1.29 is 19.1 Å². The Morgan fingerprint density at radius 2 is 1.26 bits per heavy atom. The van der Waals surface area contributed by atoms with Crippen LogP contribution in [0.4, 0.5) is 5.95 Å². The summed E-state index contributed by atoms with van der Waals surface area (Å²) in [6.45, 7) is 1.05. The van der Waals surface area contributed by atoms with Crippen LogP contribution in [0.2, 0.25) is 0 Å². The Kier molecular flexibility index (Phi) is 9.35. The third-order valence-electron chi connectivity index (χ3n) is 5.24. The molecule has 0 aliphatic heterocycles. The number of nitrogens with one attached hydrogen (secondary N) is 3. The minimum Gasteiger partial charge on any atom is -0.467 e. The molecule has 2 aromatic carbocycles. The number of amides is 2. The van der Waals surface area contributed by atoms with Gasteiger partial charge in [-0.1, -0.05) is 24.3 Å². The molecule has 0 aliphatic carbocycles. The predicted octanol–water partition coefficient (Wildman–Crippen LogP) is 2.27. The molecule has 3 aromatic rings. The Hall–Kier alpha value is -4.21. The summed E-state index contributed by atoms with van der Waals surface area (Å²) in [7, 11) is 4.55. The number of benzene rings is 2. The summed E-state index contributed by atoms with van der Waals surface area (Å²) >= 11 is 0. The van der Waals surface area contributed by atoms with Gasteiger partial charge in [-0.05, 0) is 54.7 Å². The van der Waals surface area contributed by atoms with E-state index in [0.717, 1.165) is 24.0 Å². The van der Waals surface area contributed by atoms with Gasteiger partial charge in [0.15, 0.2) is 0 Å². The van der Waals surface area contributed by atoms with E-state index in [2.05, 4.69) is 30.9 Å². The topological polar surface area (TPSA) is 127 Å². The largest absolute Gasteiger partial charge is 0.467 e. The van der Waals surface area contributed by atoms with E-state index >= 15 is 0 Å². The zero-order chi connectivity index (χ0) is 25.0. The van der Waals surface area contributed by atoms with Crippen molar-refractivity contribution in [3.8, 4) is 12.0 Å². The highest BCUT2D eigenvalue weighted by Crippen LogP contribution is 2.12. The average Bonchev–Trinajstić information content (AvgIpc) is 2.91. The maximum atomic E-state index is 12.4. The molecule has 10 nitrogen and oxygen atoms in total. The average molecular weight is 479 g/mol. The van der Waals surface area contributed by atoms with E-state index in [1.54, 1.807) is 7.05 Å². The van der Waals surface area contributed by atoms with Crippen LogP contribution >= 0.6 is 0 Å². The van der Waals surface area contributed by atoms with Crippen LogP contribution in [0.5, 0.6) is 12.0 Å². The minimum atomic E-state index is -0.121. The van der Waals surface area contributed by atoms with Crippen molar-refractivity contribution in [1.82, 2.24) is 25.6 Å². The summed E-state index contributed by atoms with van der Waals surface area (Å²) in [6.07, 6.45) is 2.38. The van der Waals surface area contributed by atoms with Gasteiger partial charge in [-0.25, -0.2) is 0 Å². The molecule has 0 unspecified atom stereocenters. The minimum absolute atomic E-state index is 0.0919. The second kappa shape index (κ2) is 12.9. The van der Waals surface area contributed by atoms with E-state index < -0.39 is 0 Å². The van der Waals surface area contributed by atoms with Gasteiger partial charge in [-0.15, -0.1) is 4.98 Å². The molecule has 0 aliphatic rings. The Balaban J connectivity index is 1.39. The number of nitrogens with zero attached hydrogens (tertiary/aromatic N) is 3. The molecule has 2 amide bonds. The molecule has 1 heterocycles. The van der Waals surface area contributed by atoms with Crippen LogP contribution in [0.15, 0.2) is 48.5 Å². The fourth-order valence-electron chi connectivity index (χ4n) is 3.27. The summed E-state index contributed by atoms with van der Waals surface area (Å²) < 4.78 is 10.0. The molecule has 184 valence electrons. The lowest BCUT2D eigenvalue weighted by molar-refractivity contribution is 0.0949. The lowest BCUT2D eigenvalue weighted by Crippen LogP contribution is -2.26. The molecule has 0 radical (unpaired) electrons. The SMILES string of the molecule is CNC(=O)c1ccc(CCc2ccc(C(=O)NCCCNc3nc(OC)nc(OC)n3)cc2)cc1. The van der Waals surface area contributed by atoms with Crippen molar-refractivity contribution in [3.05, 3.63) is 70.8 Å². The highest BCUT2D eigenvalue weighted by molar-refractivity contribution is 5.94. The number of aryl methyl sites for hydroxylation is 2. The van der Waals surface area contributed by atoms with Gasteiger partial charge in [0.2, 0.25) is 5.95 Å². The van der Waals surface area contributed by atoms with E-state index in [1.165, 1.54) is 14.2 Å². The van der Waals surface area contributed by atoms with Crippen molar-refractivity contribution >= 4 is 17.8 Å². The molecule has 0 saturated heterocycles. The third-order valence-corrected chi connectivity index (χ3v) is 5.24. The number of anilines is 1. The van der Waals surface area contributed by atoms with E-state index in [0.29, 0.717) is 36.6 Å². The number of methoxy groups -OCH3 is 2. The number of aromatic nitrogens is 3. The number of hydrogen-bond acceptors (Lipinski definition) is 8. The zero-order valence-corrected chi connectivity index (χ0v) is 20.1. The standard InChI is InChI=1S/C25H30N6O4/c1-26-21(32)19-11-7-17(8-12-19)5-6-18-9-13-20(14-10-18)22(33)27-15-4-16-28-23-29-24(34-2)31-25(30-23)35-3/h7-14H,4-6,15-16H2,1-3H3,(H,26,32)(H,27,33)(H,28,29,30,31). The number of rotatable bonds is 12. The summed E-state index contributed by atoms with van der Waals surface area (Å²) in [5.41, 5.74) is 3.56. The van der Waals surface area contributed by atoms with E-state index in [-0.39, 0.29) is 23.8 Å². The van der Waals surface area contributed by atoms with Gasteiger partial charge in [0.05, 0.1) is 14.2 Å². The van der Waals surface area contributed by atoms with Crippen molar-refractivity contribution in [2.75, 3.05) is 39.7 Å². The molecule has 1 aromatic heterocycles. The molecule has 3 N–H and O–H groups in total. The molecule has 3 rings (SSSR count). The van der Waals surface area contributed by atoms with Crippen LogP contribution < -0.4 is 25.4 Å². The molecular weight excluding hydrogens is 448 g/mol. The van der Waals surface area contributed by atoms with Gasteiger partial charge < -0.3 is 25.4 Å². The second-order valence-corrected chi connectivity index (χ2v) is 7.64. The Morgan fingerprint density at radius 3 is 1.74 bits per heavy atom. The van der Waals surface area contributed by atoms with Crippen molar-refractivity contribution in [2.45, 2.75) is 19.3 Å². The smallest absolute Gasteiger partial charge is 0.324 e. The third kappa shape index (κ3) is 7.66. The molecule has 0 saturated carbocycles. The first-order valence-corrected chi connectivity index (χ1v) is 11.3. The summed E-state index contributed by atoms with van der Waals surface area (Å²) in [6, 6.07) is 15.5. The molecule has 0 fully saturated rings. The van der Waals surface area contributed by atoms with Crippen LogP contribution in [0.1, 0.15) is 38.3 Å². The molecule has 0 bridgehead atoms. The Morgan fingerprint density at radius 1 is 0.743 bits per heavy atom. The molecule has 10 heteroatoms. The number of carbonyl (C=O) groups excluding carboxylic acids is 2. The van der Waals surface area contributed by atoms with Crippen LogP contribution in [0.25, 0.3) is 0 Å². The molecule has 35 heavy (non-hydrogen) atoms. The zero-order valence-electron chi connectivity index (χ0n) is 20.1. The van der Waals surface area contributed by atoms with Crippen molar-refractivity contribution in [1.29, 1.82) is 0 Å². The van der Waals surface area contributed by atoms with Gasteiger partial charge >= 0.3 is 12.0 Å². The van der Waals surface area contributed by atoms with E-state index in [1.807, 2.05) is 48.5 Å². The van der Waals surface area contributed by atoms with Gasteiger partial charge in [0.1, 0.15) is 0 Å². The number of carbonyl (C=O) groups is 2. The number of ether oxygens (including phenoxy) is 2. The lowest BCUT2D eigenvalue weighted by Gasteiger charge is -2.09. The molecule has 0 atom stereocenters. The normalized spacial score (nSPS) is 10.4. The maximum absolute atomic E-state index is 12.4. The number of hydrogen-bond donors (Lipinski definition) is 3. The van der Waals surface area contributed by atoms with Crippen LogP contribution in [0.3, 0.4) is 0 Å². The first-order valence-electron chi connectivity index (χ1n) is 11.3. The molecule has 0 spiro atoms. The van der Waals surface area contributed by atoms with Crippen LogP contribution in [-0.2, 0) is 12.8 Å². The van der Waals surface area contributed by atoms with Crippen molar-refractivity contribution in [3.63, 3.8) is 0 Å². The highest BCUT2D eigenvalue weighted by atomic mass is 16.5. The van der Waals surface area contributed by atoms with Gasteiger partial charge in [0.25, 0.3) is 11.8 Å². The summed E-state index contributed by atoms with van der Waals surface area (Å²) in [5, 5.41) is 8.59. The van der Waals surface area contributed by atoms with Gasteiger partial charge in [-0.3, -0.25) is 9.59 Å². The first-order chi connectivity index (χ1) is 17.0. The van der Waals surface area contributed by atoms with Crippen LogP contribution in [0, 0.1) is 0 Å². The second-order valence-electron chi connectivity index (χ2n) is 7.64. The summed E-state index contributed by atoms with van der Waals surface area (Å²) in [4.78, 5) is 36.2. The fraction of sp³-hybridized carbons (Fsp3) is 0.320.